The molecule has 0 aromatic carbocycles. The summed E-state index contributed by atoms with van der Waals surface area (Å²) in [6.07, 6.45) is 14.0. The van der Waals surface area contributed by atoms with Gasteiger partial charge >= 0.3 is 11.9 Å². The van der Waals surface area contributed by atoms with E-state index in [2.05, 4.69) is 18.6 Å². The van der Waals surface area contributed by atoms with E-state index in [-0.39, 0.29) is 18.5 Å². The second-order valence-corrected chi connectivity index (χ2v) is 6.14. The molecule has 6 nitrogen and oxygen atoms in total. The van der Waals surface area contributed by atoms with Crippen LogP contribution >= 0.6 is 0 Å². The largest absolute Gasteiger partial charge is 0.462 e. The minimum Gasteiger partial charge on any atom is -0.462 e. The van der Waals surface area contributed by atoms with Gasteiger partial charge < -0.3 is 19.7 Å². The molecule has 0 spiro atoms. The van der Waals surface area contributed by atoms with Gasteiger partial charge in [0.2, 0.25) is 0 Å². The van der Waals surface area contributed by atoms with E-state index in [1.54, 1.807) is 58.1 Å². The van der Waals surface area contributed by atoms with Crippen LogP contribution in [0, 0.1) is 0 Å². The minimum absolute atomic E-state index is 0.163. The summed E-state index contributed by atoms with van der Waals surface area (Å²) in [7, 11) is 0. The molecule has 0 rings (SSSR count). The Morgan fingerprint density at radius 1 is 0.806 bits per heavy atom. The molecule has 0 aromatic heterocycles. The van der Waals surface area contributed by atoms with Gasteiger partial charge in [-0.05, 0) is 54.4 Å². The molecular formula is C25H46O6. The zero-order valence-electron chi connectivity index (χ0n) is 20.9. The second-order valence-electron chi connectivity index (χ2n) is 6.14. The van der Waals surface area contributed by atoms with Gasteiger partial charge in [-0.3, -0.25) is 0 Å². The van der Waals surface area contributed by atoms with E-state index >= 15 is 0 Å². The number of hydrogen-bond donors (Lipinski definition) is 2. The number of hydrogen-bond acceptors (Lipinski definition) is 6. The van der Waals surface area contributed by atoms with E-state index in [0.717, 1.165) is 25.7 Å². The van der Waals surface area contributed by atoms with E-state index in [1.165, 1.54) is 6.26 Å². The monoisotopic (exact) mass is 442 g/mol. The lowest BCUT2D eigenvalue weighted by Crippen LogP contribution is -2.06. The summed E-state index contributed by atoms with van der Waals surface area (Å²) in [6.45, 7) is 15.9. The van der Waals surface area contributed by atoms with Crippen molar-refractivity contribution < 1.29 is 29.3 Å². The van der Waals surface area contributed by atoms with Gasteiger partial charge in [-0.1, -0.05) is 57.1 Å². The van der Waals surface area contributed by atoms with E-state index in [4.69, 9.17) is 14.9 Å². The lowest BCUT2D eigenvalue weighted by Gasteiger charge is -2.02. The van der Waals surface area contributed by atoms with Crippen molar-refractivity contribution >= 4 is 11.9 Å². The molecule has 0 aliphatic heterocycles. The van der Waals surface area contributed by atoms with Crippen molar-refractivity contribution in [3.8, 4) is 0 Å². The maximum atomic E-state index is 11.0. The summed E-state index contributed by atoms with van der Waals surface area (Å²) >= 11 is 0. The Morgan fingerprint density at radius 2 is 1.32 bits per heavy atom. The Morgan fingerprint density at radius 3 is 1.61 bits per heavy atom. The molecule has 0 amide bonds. The van der Waals surface area contributed by atoms with Crippen LogP contribution < -0.4 is 0 Å². The first-order valence-electron chi connectivity index (χ1n) is 10.8. The van der Waals surface area contributed by atoms with Gasteiger partial charge in [-0.2, -0.15) is 0 Å². The molecule has 0 aliphatic carbocycles. The Hall–Kier alpha value is -2.18. The Labute approximate surface area is 190 Å². The summed E-state index contributed by atoms with van der Waals surface area (Å²) in [5.74, 6) is -0.485. The zero-order valence-corrected chi connectivity index (χ0v) is 20.9. The van der Waals surface area contributed by atoms with Crippen molar-refractivity contribution in [2.45, 2.75) is 81.1 Å². The smallest absolute Gasteiger partial charge is 0.338 e. The zero-order chi connectivity index (χ0) is 24.9. The summed E-state index contributed by atoms with van der Waals surface area (Å²) in [5.41, 5.74) is 1.30. The molecule has 0 bridgehead atoms. The average molecular weight is 443 g/mol. The summed E-state index contributed by atoms with van der Waals surface area (Å²) in [5, 5.41) is 16.0. The van der Waals surface area contributed by atoms with Gasteiger partial charge in [-0.25, -0.2) is 9.59 Å². The van der Waals surface area contributed by atoms with Gasteiger partial charge in [0.1, 0.15) is 0 Å². The highest BCUT2D eigenvalue weighted by Gasteiger charge is 2.02. The molecule has 0 saturated carbocycles. The molecule has 0 unspecified atom stereocenters. The number of carbonyl (C=O) groups excluding carboxylic acids is 2. The number of unbranched alkanes of at least 4 members (excludes halogenated alkanes) is 2. The van der Waals surface area contributed by atoms with Gasteiger partial charge in [0.25, 0.3) is 0 Å². The van der Waals surface area contributed by atoms with Crippen molar-refractivity contribution in [1.29, 1.82) is 0 Å². The van der Waals surface area contributed by atoms with Crippen LogP contribution in [-0.4, -0.2) is 42.0 Å². The SMILES string of the molecule is C/C=C(\C)C(=O)OCCCC.C/C=C/CO.C/C=C/OC(=O)/C(C)=C/C.CCCCO. The standard InChI is InChI=1S/C9H16O2.C8H12O2.C4H10O.C4H8O/c1-4-6-7-11-9(10)8(3)5-2;1-4-6-10-8(9)7(3)5-2;2*1-2-3-4-5/h5H,4,6-7H2,1-3H3;4-6H,1-3H3;5H,2-4H2,1H3;2-3,5H,4H2,1H3/b8-5+;6-4+,7-5+;;3-2+. The highest BCUT2D eigenvalue weighted by Crippen LogP contribution is 1.97. The second kappa shape index (κ2) is 32.5. The highest BCUT2D eigenvalue weighted by atomic mass is 16.5. The molecule has 0 saturated heterocycles. The van der Waals surface area contributed by atoms with Crippen LogP contribution in [0.3, 0.4) is 0 Å². The van der Waals surface area contributed by atoms with Crippen LogP contribution in [0.25, 0.3) is 0 Å². The fourth-order valence-corrected chi connectivity index (χ4v) is 1.15. The first-order chi connectivity index (χ1) is 14.8. The van der Waals surface area contributed by atoms with Crippen molar-refractivity contribution in [2.75, 3.05) is 19.8 Å². The topological polar surface area (TPSA) is 93.1 Å². The van der Waals surface area contributed by atoms with Gasteiger partial charge in [-0.15, -0.1) is 0 Å². The number of allylic oxidation sites excluding steroid dienone is 4. The quantitative estimate of drug-likeness (QED) is 0.157. The number of esters is 2. The predicted molar refractivity (Wildman–Crippen MR) is 130 cm³/mol. The van der Waals surface area contributed by atoms with Crippen LogP contribution in [0.4, 0.5) is 0 Å². The number of carbonyl (C=O) groups is 2. The first-order valence-corrected chi connectivity index (χ1v) is 10.8. The third-order valence-electron chi connectivity index (χ3n) is 3.40. The first kappa shape index (κ1) is 36.2. The molecule has 6 heteroatoms. The average Bonchev–Trinajstić information content (AvgIpc) is 2.78. The van der Waals surface area contributed by atoms with Gasteiger partial charge in [0, 0.05) is 17.8 Å². The van der Waals surface area contributed by atoms with Crippen LogP contribution in [0.15, 0.2) is 47.8 Å². The maximum absolute atomic E-state index is 11.0. The van der Waals surface area contributed by atoms with Crippen LogP contribution in [0.5, 0.6) is 0 Å². The Balaban J connectivity index is -0.000000167. The van der Waals surface area contributed by atoms with E-state index in [1.807, 2.05) is 13.8 Å². The van der Waals surface area contributed by atoms with E-state index < -0.39 is 0 Å². The predicted octanol–water partition coefficient (Wildman–Crippen LogP) is 5.66. The third-order valence-corrected chi connectivity index (χ3v) is 3.40. The molecule has 2 N–H and O–H groups in total. The Bertz CT molecular complexity index is 514. The third kappa shape index (κ3) is 35.6. The summed E-state index contributed by atoms with van der Waals surface area (Å²) in [4.78, 5) is 21.7. The Kier molecular flexibility index (Phi) is 37.9. The number of aliphatic hydroxyl groups excluding tert-OH is 2. The molecule has 0 aliphatic rings. The lowest BCUT2D eigenvalue weighted by molar-refractivity contribution is -0.139. The van der Waals surface area contributed by atoms with E-state index in [9.17, 15) is 9.59 Å². The fraction of sp³-hybridized carbons (Fsp3) is 0.600. The lowest BCUT2D eigenvalue weighted by atomic mass is 10.3. The minimum atomic E-state index is -0.291. The molecule has 0 atom stereocenters. The summed E-state index contributed by atoms with van der Waals surface area (Å²) in [6, 6.07) is 0. The van der Waals surface area contributed by atoms with Gasteiger partial charge in [0.05, 0.1) is 19.5 Å². The van der Waals surface area contributed by atoms with Crippen LogP contribution in [0.2, 0.25) is 0 Å². The van der Waals surface area contributed by atoms with Crippen LogP contribution in [-0.2, 0) is 19.1 Å². The van der Waals surface area contributed by atoms with Crippen molar-refractivity contribution in [3.63, 3.8) is 0 Å². The van der Waals surface area contributed by atoms with Crippen molar-refractivity contribution in [3.05, 3.63) is 47.8 Å². The van der Waals surface area contributed by atoms with E-state index in [0.29, 0.717) is 24.4 Å². The summed E-state index contributed by atoms with van der Waals surface area (Å²) < 4.78 is 9.58. The van der Waals surface area contributed by atoms with Crippen LogP contribution in [0.1, 0.15) is 81.1 Å². The normalized spacial score (nSPS) is 10.9. The molecular weight excluding hydrogens is 396 g/mol. The molecule has 31 heavy (non-hydrogen) atoms. The number of ether oxygens (including phenoxy) is 2. The fourth-order valence-electron chi connectivity index (χ4n) is 1.15. The number of rotatable bonds is 9. The van der Waals surface area contributed by atoms with Crippen molar-refractivity contribution in [1.82, 2.24) is 0 Å². The molecule has 0 aromatic rings. The molecule has 0 fully saturated rings. The highest BCUT2D eigenvalue weighted by molar-refractivity contribution is 5.88. The molecule has 182 valence electrons. The van der Waals surface area contributed by atoms with Crippen molar-refractivity contribution in [2.24, 2.45) is 0 Å². The molecule has 0 heterocycles. The maximum Gasteiger partial charge on any atom is 0.338 e. The van der Waals surface area contributed by atoms with Gasteiger partial charge in [0.15, 0.2) is 0 Å². The molecule has 0 radical (unpaired) electrons. The number of aliphatic hydroxyl groups is 2.